The number of rotatable bonds is 5. The summed E-state index contributed by atoms with van der Waals surface area (Å²) in [5, 5.41) is 2.48. The number of aromatic nitrogens is 1. The van der Waals surface area contributed by atoms with E-state index in [9.17, 15) is 1.37 Å². The SMILES string of the molecule is [2H]c1c([2H])c([2H])c2c(oc3c([2H])c([2H])c([2H])c(-c4ccccc4-c4ccccc4-n4c5ccc(-c6ccccc6)cc5c5cc(-c6ccccc6)ccc54)c32)c1[2H]. The Morgan fingerprint density at radius 1 is 0.400 bits per heavy atom. The number of benzene rings is 8. The van der Waals surface area contributed by atoms with Gasteiger partial charge in [0.05, 0.1) is 26.3 Å². The molecule has 234 valence electrons. The lowest BCUT2D eigenvalue weighted by molar-refractivity contribution is 0.669. The molecule has 0 unspecified atom stereocenters. The van der Waals surface area contributed by atoms with E-state index >= 15 is 0 Å². The molecule has 0 aliphatic rings. The van der Waals surface area contributed by atoms with Gasteiger partial charge < -0.3 is 8.98 Å². The van der Waals surface area contributed by atoms with Crippen LogP contribution in [0.2, 0.25) is 0 Å². The van der Waals surface area contributed by atoms with Crippen molar-refractivity contribution in [3.8, 4) is 50.2 Å². The van der Waals surface area contributed by atoms with E-state index in [0.29, 0.717) is 5.56 Å². The molecule has 0 spiro atoms. The summed E-state index contributed by atoms with van der Waals surface area (Å²) in [4.78, 5) is 0. The van der Waals surface area contributed by atoms with Crippen LogP contribution in [0.1, 0.15) is 9.60 Å². The first-order valence-electron chi connectivity index (χ1n) is 20.0. The minimum atomic E-state index is -0.455. The Bertz CT molecular complexity index is 3160. The third kappa shape index (κ3) is 4.50. The van der Waals surface area contributed by atoms with Gasteiger partial charge >= 0.3 is 0 Å². The molecule has 50 heavy (non-hydrogen) atoms. The lowest BCUT2D eigenvalue weighted by atomic mass is 9.91. The molecule has 2 heterocycles. The fraction of sp³-hybridized carbons (Fsp3) is 0. The van der Waals surface area contributed by atoms with Crippen LogP contribution >= 0.6 is 0 Å². The van der Waals surface area contributed by atoms with E-state index in [4.69, 9.17) is 12.6 Å². The summed E-state index contributed by atoms with van der Waals surface area (Å²) in [6.07, 6.45) is 0. The summed E-state index contributed by atoms with van der Waals surface area (Å²) in [7, 11) is 0. The van der Waals surface area contributed by atoms with Gasteiger partial charge in [0.25, 0.3) is 0 Å². The quantitative estimate of drug-likeness (QED) is 0.182. The first-order valence-corrected chi connectivity index (χ1v) is 16.5. The van der Waals surface area contributed by atoms with Gasteiger partial charge in [-0.3, -0.25) is 0 Å². The molecule has 0 saturated heterocycles. The van der Waals surface area contributed by atoms with Gasteiger partial charge in [0.2, 0.25) is 0 Å². The normalized spacial score (nSPS) is 13.6. The minimum Gasteiger partial charge on any atom is -0.456 e. The van der Waals surface area contributed by atoms with Crippen LogP contribution in [-0.4, -0.2) is 4.57 Å². The van der Waals surface area contributed by atoms with Crippen LogP contribution in [0.15, 0.2) is 192 Å². The molecule has 0 amide bonds. The standard InChI is InChI=1S/C48H31NO/c1-3-14-32(15-4-1)34-26-28-44-41(30-34)42-31-35(33-16-5-2-6-17-33)27-29-45(42)49(44)43-23-11-9-20-38(43)36-18-7-8-19-37(36)39-22-13-25-47-48(39)40-21-10-12-24-46(40)50-47/h1-31H/i10D,12D,13D,21D,22D,24D,25D. The van der Waals surface area contributed by atoms with Gasteiger partial charge in [0.15, 0.2) is 0 Å². The van der Waals surface area contributed by atoms with Crippen molar-refractivity contribution in [3.05, 3.63) is 188 Å². The van der Waals surface area contributed by atoms with E-state index in [1.165, 1.54) is 0 Å². The van der Waals surface area contributed by atoms with Gasteiger partial charge in [-0.1, -0.05) is 145 Å². The van der Waals surface area contributed by atoms with E-state index in [2.05, 4.69) is 71.3 Å². The van der Waals surface area contributed by atoms with Crippen molar-refractivity contribution in [1.29, 1.82) is 0 Å². The molecule has 2 heteroatoms. The Labute approximate surface area is 299 Å². The molecular weight excluding hydrogens is 607 g/mol. The molecule has 0 atom stereocenters. The molecule has 0 bridgehead atoms. The van der Waals surface area contributed by atoms with Gasteiger partial charge in [-0.2, -0.15) is 0 Å². The second-order valence-corrected chi connectivity index (χ2v) is 12.4. The van der Waals surface area contributed by atoms with Gasteiger partial charge in [0, 0.05) is 27.1 Å². The van der Waals surface area contributed by atoms with Crippen molar-refractivity contribution in [1.82, 2.24) is 4.57 Å². The molecule has 0 saturated carbocycles. The Morgan fingerprint density at radius 2 is 0.940 bits per heavy atom. The molecule has 0 aliphatic heterocycles. The van der Waals surface area contributed by atoms with E-state index in [1.807, 2.05) is 78.9 Å². The highest BCUT2D eigenvalue weighted by atomic mass is 16.3. The molecule has 0 N–H and O–H groups in total. The lowest BCUT2D eigenvalue weighted by Crippen LogP contribution is -1.98. The van der Waals surface area contributed by atoms with Crippen LogP contribution in [0.3, 0.4) is 0 Å². The molecule has 0 fully saturated rings. The molecule has 10 aromatic rings. The van der Waals surface area contributed by atoms with Gasteiger partial charge in [0.1, 0.15) is 11.2 Å². The van der Waals surface area contributed by atoms with Crippen molar-refractivity contribution in [2.75, 3.05) is 0 Å². The molecule has 10 rings (SSSR count). The highest BCUT2D eigenvalue weighted by Gasteiger charge is 2.20. The van der Waals surface area contributed by atoms with Crippen molar-refractivity contribution in [2.24, 2.45) is 0 Å². The summed E-state index contributed by atoms with van der Waals surface area (Å²) >= 11 is 0. The van der Waals surface area contributed by atoms with Crippen molar-refractivity contribution in [2.45, 2.75) is 0 Å². The number of para-hydroxylation sites is 2. The number of nitrogens with zero attached hydrogens (tertiary/aromatic N) is 1. The Kier molecular flexibility index (Phi) is 5.08. The maximum absolute atomic E-state index is 9.29. The second-order valence-electron chi connectivity index (χ2n) is 12.4. The molecule has 0 radical (unpaired) electrons. The molecule has 2 aromatic heterocycles. The number of furan rings is 1. The van der Waals surface area contributed by atoms with E-state index in [0.717, 1.165) is 60.9 Å². The van der Waals surface area contributed by atoms with Crippen molar-refractivity contribution in [3.63, 3.8) is 0 Å². The summed E-state index contributed by atoms with van der Waals surface area (Å²) in [5.41, 5.74) is 9.61. The maximum Gasteiger partial charge on any atom is 0.136 e. The molecule has 2 nitrogen and oxygen atoms in total. The summed E-state index contributed by atoms with van der Waals surface area (Å²) < 4.78 is 69.5. The van der Waals surface area contributed by atoms with Crippen LogP contribution in [-0.2, 0) is 0 Å². The van der Waals surface area contributed by atoms with E-state index in [1.54, 1.807) is 0 Å². The average Bonchev–Trinajstić information content (AvgIpc) is 3.81. The summed E-state index contributed by atoms with van der Waals surface area (Å²) in [5.74, 6) is 0. The number of hydrogen-bond donors (Lipinski definition) is 0. The largest absolute Gasteiger partial charge is 0.456 e. The minimum absolute atomic E-state index is 0.0538. The predicted molar refractivity (Wildman–Crippen MR) is 210 cm³/mol. The zero-order chi connectivity index (χ0) is 39.1. The third-order valence-corrected chi connectivity index (χ3v) is 9.56. The summed E-state index contributed by atoms with van der Waals surface area (Å²) in [6, 6.07) is 46.9. The molecule has 8 aromatic carbocycles. The fourth-order valence-corrected chi connectivity index (χ4v) is 7.30. The zero-order valence-corrected chi connectivity index (χ0v) is 26.7. The molecular formula is C48H31NO. The Balaban J connectivity index is 1.27. The average molecular weight is 645 g/mol. The topological polar surface area (TPSA) is 18.1 Å². The van der Waals surface area contributed by atoms with Crippen LogP contribution in [0, 0.1) is 0 Å². The Morgan fingerprint density at radius 3 is 1.60 bits per heavy atom. The summed E-state index contributed by atoms with van der Waals surface area (Å²) in [6.45, 7) is 0. The number of hydrogen-bond acceptors (Lipinski definition) is 1. The molecule has 0 aliphatic carbocycles. The Hall–Kier alpha value is -6.64. The van der Waals surface area contributed by atoms with Gasteiger partial charge in [-0.25, -0.2) is 0 Å². The number of fused-ring (bicyclic) bond motifs is 6. The first kappa shape index (κ1) is 22.1. The van der Waals surface area contributed by atoms with Crippen LogP contribution in [0.5, 0.6) is 0 Å². The van der Waals surface area contributed by atoms with Crippen LogP contribution in [0.25, 0.3) is 93.9 Å². The first-order chi connectivity index (χ1) is 27.7. The van der Waals surface area contributed by atoms with Gasteiger partial charge in [-0.05, 0) is 81.4 Å². The van der Waals surface area contributed by atoms with Crippen molar-refractivity contribution >= 4 is 43.7 Å². The van der Waals surface area contributed by atoms with Crippen LogP contribution in [0.4, 0.5) is 0 Å². The van der Waals surface area contributed by atoms with E-state index < -0.39 is 12.1 Å². The highest BCUT2D eigenvalue weighted by Crippen LogP contribution is 2.44. The van der Waals surface area contributed by atoms with E-state index in [-0.39, 0.29) is 57.7 Å². The second kappa shape index (κ2) is 11.5. The van der Waals surface area contributed by atoms with Crippen LogP contribution < -0.4 is 0 Å². The third-order valence-electron chi connectivity index (χ3n) is 9.56. The monoisotopic (exact) mass is 644 g/mol. The lowest BCUT2D eigenvalue weighted by Gasteiger charge is -2.17. The smallest absolute Gasteiger partial charge is 0.136 e. The zero-order valence-electron chi connectivity index (χ0n) is 33.7. The maximum atomic E-state index is 9.29. The van der Waals surface area contributed by atoms with Crippen molar-refractivity contribution < 1.29 is 14.0 Å². The highest BCUT2D eigenvalue weighted by molar-refractivity contribution is 6.15. The predicted octanol–water partition coefficient (Wildman–Crippen LogP) is 13.4. The van der Waals surface area contributed by atoms with Gasteiger partial charge in [-0.15, -0.1) is 0 Å². The fourth-order valence-electron chi connectivity index (χ4n) is 7.30.